The minimum Gasteiger partial charge on any atom is -0.465 e. The van der Waals surface area contributed by atoms with Crippen LogP contribution in [0.5, 0.6) is 0 Å². The van der Waals surface area contributed by atoms with Crippen LogP contribution in [-0.4, -0.2) is 228 Å². The van der Waals surface area contributed by atoms with Crippen LogP contribution in [0.15, 0.2) is 122 Å². The van der Waals surface area contributed by atoms with Gasteiger partial charge in [0.05, 0.1) is 57.1 Å². The Labute approximate surface area is 707 Å². The van der Waals surface area contributed by atoms with Gasteiger partial charge < -0.3 is 38.5 Å². The summed E-state index contributed by atoms with van der Waals surface area (Å²) < 4.78 is 32.9. The van der Waals surface area contributed by atoms with E-state index in [2.05, 4.69) is 156 Å². The van der Waals surface area contributed by atoms with Gasteiger partial charge in [0.2, 0.25) is 0 Å². The van der Waals surface area contributed by atoms with Gasteiger partial charge in [-0.05, 0) is 226 Å². The molecule has 4 aliphatic rings. The summed E-state index contributed by atoms with van der Waals surface area (Å²) >= 11 is 31.2. The van der Waals surface area contributed by atoms with Gasteiger partial charge in [-0.2, -0.15) is 37.9 Å². The molecule has 6 aromatic heterocycles. The minimum absolute atomic E-state index is 0.145. The minimum atomic E-state index is -1.37. The van der Waals surface area contributed by atoms with Gasteiger partial charge in [0.1, 0.15) is 22.8 Å². The Kier molecular flexibility index (Phi) is 38.7. The fourth-order valence-electron chi connectivity index (χ4n) is 15.8. The predicted octanol–water partition coefficient (Wildman–Crippen LogP) is 14.9. The number of allylic oxidation sites excluding steroid dienone is 6. The molecule has 0 spiro atoms. The van der Waals surface area contributed by atoms with Crippen LogP contribution in [0.2, 0.25) is 0 Å². The van der Waals surface area contributed by atoms with Crippen molar-refractivity contribution < 1.29 is 23.7 Å². The second kappa shape index (κ2) is 48.3. The number of carbonyl (C=O) groups is 1. The normalized spacial score (nSPS) is 19.5. The van der Waals surface area contributed by atoms with Crippen LogP contribution in [0, 0.1) is 37.5 Å². The van der Waals surface area contributed by atoms with Crippen molar-refractivity contribution in [1.29, 1.82) is 0 Å². The summed E-state index contributed by atoms with van der Waals surface area (Å²) in [6, 6.07) is 4.41. The Morgan fingerprint density at radius 1 is 0.464 bits per heavy atom. The molecule has 112 heavy (non-hydrogen) atoms. The lowest BCUT2D eigenvalue weighted by atomic mass is 9.76. The standard InChI is InChI=1S/C83H124N16O5S8/c1-6-73(108)69(60-105)25-13-34-92-31-9-21-65(49-92)57-101-43-17-39-96-53-76(84-88-96)83(77-54-97(89-85-77)40-18-44-102-58-66-22-10-32-93(50-66)35-14-26-70(61-106)74(109)7-2,78-55-98(90-86-78)41-19-45-103-59-67-23-11-33-94(51-67)36-15-27-71(62-107)75(110)8-3)79-56-99(91-87-79)42-20-46-104-82(100)68-24-12-37-95(52-68)38-16-28-72(80-63(4)29-47-111-80)81-64(5)30-48-112-81/h6-8,25-30,47-48,53-56,65-68,105-110H,9-24,31-46,49-52,57-62H2,1-5H3/b69-25-,70-26-,71-27-,73-6+,74-7+,75-8+/t65-,66-,67-,68-/m0/s1. The molecule has 10 rings (SSSR count). The van der Waals surface area contributed by atoms with Gasteiger partial charge in [-0.1, -0.05) is 63.4 Å². The number of nitrogens with zero attached hydrogens (tertiary/aromatic N) is 16. The Morgan fingerprint density at radius 3 is 1.12 bits per heavy atom. The van der Waals surface area contributed by atoms with Crippen LogP contribution in [0.1, 0.15) is 167 Å². The van der Waals surface area contributed by atoms with Crippen molar-refractivity contribution in [3.05, 3.63) is 165 Å². The number of aryl methyl sites for hydroxylation is 6. The third-order valence-electron chi connectivity index (χ3n) is 22.0. The molecular weight excluding hydrogens is 1560 g/mol. The van der Waals surface area contributed by atoms with E-state index < -0.39 is 5.41 Å². The number of aromatic nitrogens is 12. The maximum atomic E-state index is 13.9. The molecule has 4 aliphatic heterocycles. The van der Waals surface area contributed by atoms with Crippen molar-refractivity contribution in [3.8, 4) is 0 Å². The third-order valence-corrected chi connectivity index (χ3v) is 26.8. The number of thiol groups is 6. The molecule has 0 bridgehead atoms. The van der Waals surface area contributed by atoms with E-state index in [0.29, 0.717) is 137 Å². The molecule has 0 radical (unpaired) electrons. The number of likely N-dealkylation sites (tertiary alicyclic amines) is 4. The van der Waals surface area contributed by atoms with Crippen LogP contribution in [-0.2, 0) is 55.3 Å². The largest absolute Gasteiger partial charge is 0.465 e. The van der Waals surface area contributed by atoms with E-state index in [1.165, 1.54) is 43.2 Å². The first-order chi connectivity index (χ1) is 54.7. The summed E-state index contributed by atoms with van der Waals surface area (Å²) in [7, 11) is 0. The summed E-state index contributed by atoms with van der Waals surface area (Å²) in [5.41, 5.74) is 8.28. The van der Waals surface area contributed by atoms with Gasteiger partial charge >= 0.3 is 5.97 Å². The first-order valence-electron chi connectivity index (χ1n) is 40.9. The summed E-state index contributed by atoms with van der Waals surface area (Å²) in [5.74, 6) is 3.13. The van der Waals surface area contributed by atoms with Crippen LogP contribution in [0.25, 0.3) is 5.57 Å². The molecule has 10 heterocycles. The molecule has 614 valence electrons. The second-order valence-corrected chi connectivity index (χ2v) is 34.6. The number of esters is 1. The van der Waals surface area contributed by atoms with Gasteiger partial charge in [-0.25, -0.2) is 0 Å². The quantitative estimate of drug-likeness (QED) is 0.00915. The first-order valence-corrected chi connectivity index (χ1v) is 45.9. The van der Waals surface area contributed by atoms with Crippen molar-refractivity contribution in [2.24, 2.45) is 23.7 Å². The molecule has 0 unspecified atom stereocenters. The maximum absolute atomic E-state index is 13.9. The van der Waals surface area contributed by atoms with E-state index in [1.54, 1.807) is 22.7 Å². The molecule has 21 nitrogen and oxygen atoms in total. The average Bonchev–Trinajstić information content (AvgIpc) is 1.55. The Hall–Kier alpha value is -4.57. The highest BCUT2D eigenvalue weighted by Gasteiger charge is 2.49. The van der Waals surface area contributed by atoms with Crippen LogP contribution >= 0.6 is 98.4 Å². The monoisotopic (exact) mass is 1680 g/mol. The molecule has 0 N–H and O–H groups in total. The van der Waals surface area contributed by atoms with Gasteiger partial charge in [0.25, 0.3) is 0 Å². The number of hydrogen-bond donors (Lipinski definition) is 6. The number of thiophene rings is 2. The fraction of sp³-hybridized carbons (Fsp3) is 0.627. The summed E-state index contributed by atoms with van der Waals surface area (Å²) in [6.07, 6.45) is 38.4. The lowest BCUT2D eigenvalue weighted by Gasteiger charge is -2.32. The Morgan fingerprint density at radius 2 is 0.795 bits per heavy atom. The van der Waals surface area contributed by atoms with Gasteiger partial charge in [-0.15, -0.1) is 81.0 Å². The molecule has 29 heteroatoms. The van der Waals surface area contributed by atoms with E-state index in [-0.39, 0.29) is 18.5 Å². The topological polar surface area (TPSA) is 190 Å². The first kappa shape index (κ1) is 89.8. The van der Waals surface area contributed by atoms with Crippen molar-refractivity contribution >= 4 is 110 Å². The third kappa shape index (κ3) is 27.0. The number of piperidine rings is 4. The molecule has 4 atom stereocenters. The second-order valence-electron chi connectivity index (χ2n) is 30.4. The Balaban J connectivity index is 0.824. The predicted molar refractivity (Wildman–Crippen MR) is 475 cm³/mol. The van der Waals surface area contributed by atoms with Crippen LogP contribution in [0.4, 0.5) is 0 Å². The van der Waals surface area contributed by atoms with Crippen molar-refractivity contribution in [1.82, 2.24) is 79.6 Å². The highest BCUT2D eigenvalue weighted by Crippen LogP contribution is 2.42. The molecule has 0 amide bonds. The van der Waals surface area contributed by atoms with Gasteiger partial charge in [0.15, 0.2) is 5.41 Å². The molecule has 4 saturated heterocycles. The lowest BCUT2D eigenvalue weighted by molar-refractivity contribution is -0.150. The Bertz CT molecular complexity index is 3730. The van der Waals surface area contributed by atoms with E-state index in [4.69, 9.17) is 60.2 Å². The highest BCUT2D eigenvalue weighted by molar-refractivity contribution is 7.85. The molecule has 0 aliphatic carbocycles. The zero-order valence-corrected chi connectivity index (χ0v) is 73.9. The van der Waals surface area contributed by atoms with E-state index >= 15 is 0 Å². The molecule has 0 aromatic carbocycles. The molecular formula is C83H124N16O5S8. The van der Waals surface area contributed by atoms with Crippen molar-refractivity contribution in [3.63, 3.8) is 0 Å². The lowest BCUT2D eigenvalue weighted by Crippen LogP contribution is -2.39. The van der Waals surface area contributed by atoms with Gasteiger partial charge in [-0.3, -0.25) is 23.5 Å². The van der Waals surface area contributed by atoms with Crippen molar-refractivity contribution in [2.45, 2.75) is 169 Å². The number of rotatable bonds is 47. The summed E-state index contributed by atoms with van der Waals surface area (Å²) in [6.45, 7) is 28.6. The summed E-state index contributed by atoms with van der Waals surface area (Å²) in [5, 5.41) is 43.6. The van der Waals surface area contributed by atoms with Crippen LogP contribution < -0.4 is 0 Å². The molecule has 0 saturated carbocycles. The van der Waals surface area contributed by atoms with E-state index in [9.17, 15) is 4.79 Å². The zero-order valence-electron chi connectivity index (χ0n) is 66.9. The van der Waals surface area contributed by atoms with E-state index in [1.807, 2.05) is 82.5 Å². The fourth-order valence-corrected chi connectivity index (χ4v) is 19.6. The average molecular weight is 1680 g/mol. The molecule has 4 fully saturated rings. The smallest absolute Gasteiger partial charge is 0.310 e. The maximum Gasteiger partial charge on any atom is 0.310 e. The molecule has 6 aromatic rings. The highest BCUT2D eigenvalue weighted by atomic mass is 32.1. The number of hydrogen-bond acceptors (Lipinski definition) is 25. The summed E-state index contributed by atoms with van der Waals surface area (Å²) in [4.78, 5) is 29.7. The van der Waals surface area contributed by atoms with Crippen LogP contribution in [0.3, 0.4) is 0 Å². The zero-order chi connectivity index (χ0) is 78.9. The van der Waals surface area contributed by atoms with Crippen molar-refractivity contribution in [2.75, 3.05) is 142 Å². The number of ether oxygens (including phenoxy) is 4. The van der Waals surface area contributed by atoms with Gasteiger partial charge in [0, 0.05) is 152 Å². The SMILES string of the molecule is C/C=C(S)\C(=C/CCN1CCC[C@H](COCCCn2cc(C(c3cn(CCCOC[C@H]4CCCN(CC/C=C(CS)\C(S)=C/C)C4)nn3)(c3cn(CCCOC[C@H]4CCCN(CC/C=C(CS)\C(S)=C/C)C4)nn3)c3cn(CCCOC(=O)[C@H]4CCCN(CCC=C(c5sccc5C)c5sccc5C)C4)nn3)nn2)C1)CS. The number of carbonyl (C=O) groups excluding carboxylic acids is 1. The van der Waals surface area contributed by atoms with E-state index in [0.717, 1.165) is 183 Å².